The van der Waals surface area contributed by atoms with Crippen LogP contribution in [0.15, 0.2) is 23.3 Å². The van der Waals surface area contributed by atoms with Gasteiger partial charge in [-0.1, -0.05) is 11.6 Å². The van der Waals surface area contributed by atoms with Crippen molar-refractivity contribution in [2.45, 2.75) is 26.9 Å². The molecule has 0 fully saturated rings. The number of aliphatic imine (C=N–C) groups is 1. The third-order valence-corrected chi connectivity index (χ3v) is 4.86. The van der Waals surface area contributed by atoms with Gasteiger partial charge in [0.25, 0.3) is 0 Å². The van der Waals surface area contributed by atoms with Gasteiger partial charge in [0, 0.05) is 29.5 Å². The van der Waals surface area contributed by atoms with Crippen molar-refractivity contribution in [1.29, 1.82) is 0 Å². The molecule has 0 aromatic carbocycles. The van der Waals surface area contributed by atoms with Gasteiger partial charge in [0.1, 0.15) is 5.01 Å². The average Bonchev–Trinajstić information content (AvgIpc) is 3.03. The number of halogens is 1. The van der Waals surface area contributed by atoms with Gasteiger partial charge in [-0.05, 0) is 26.0 Å². The molecule has 2 aromatic rings. The highest BCUT2D eigenvalue weighted by Crippen LogP contribution is 2.22. The number of nitrogens with one attached hydrogen (secondary N) is 1. The van der Waals surface area contributed by atoms with Crippen molar-refractivity contribution in [3.8, 4) is 0 Å². The standard InChI is InChI=1S/C14H19ClN4S2/c1-4-16-14(18-8-13-17-7-10(2)20-13)19(3)9-11-5-6-12(15)21-11/h5-7H,4,8-9H2,1-3H3,(H,16,18). The van der Waals surface area contributed by atoms with Crippen LogP contribution in [0.2, 0.25) is 4.34 Å². The Morgan fingerprint density at radius 1 is 1.43 bits per heavy atom. The highest BCUT2D eigenvalue weighted by atomic mass is 35.5. The number of hydrogen-bond acceptors (Lipinski definition) is 4. The molecule has 0 saturated heterocycles. The molecular weight excluding hydrogens is 324 g/mol. The van der Waals surface area contributed by atoms with Gasteiger partial charge in [-0.2, -0.15) is 0 Å². The minimum absolute atomic E-state index is 0.608. The van der Waals surface area contributed by atoms with Crippen LogP contribution in [0, 0.1) is 6.92 Å². The zero-order chi connectivity index (χ0) is 15.2. The molecule has 0 bridgehead atoms. The number of aryl methyl sites for hydroxylation is 1. The fourth-order valence-electron chi connectivity index (χ4n) is 1.83. The van der Waals surface area contributed by atoms with Crippen LogP contribution in [0.5, 0.6) is 0 Å². The van der Waals surface area contributed by atoms with Crippen LogP contribution in [0.25, 0.3) is 0 Å². The van der Waals surface area contributed by atoms with E-state index in [1.165, 1.54) is 9.75 Å². The summed E-state index contributed by atoms with van der Waals surface area (Å²) in [6, 6.07) is 3.98. The first-order valence-corrected chi connectivity index (χ1v) is 8.74. The van der Waals surface area contributed by atoms with E-state index in [-0.39, 0.29) is 0 Å². The van der Waals surface area contributed by atoms with E-state index in [2.05, 4.69) is 40.1 Å². The van der Waals surface area contributed by atoms with Crippen molar-refractivity contribution < 1.29 is 0 Å². The molecule has 0 radical (unpaired) electrons. The van der Waals surface area contributed by atoms with Crippen molar-refractivity contribution in [3.05, 3.63) is 37.4 Å². The Labute approximate surface area is 138 Å². The number of thiazole rings is 1. The zero-order valence-electron chi connectivity index (χ0n) is 12.4. The van der Waals surface area contributed by atoms with E-state index in [9.17, 15) is 0 Å². The molecule has 0 aliphatic carbocycles. The molecule has 0 spiro atoms. The molecule has 0 aliphatic heterocycles. The van der Waals surface area contributed by atoms with Crippen LogP contribution < -0.4 is 5.32 Å². The largest absolute Gasteiger partial charge is 0.357 e. The second kappa shape index (κ2) is 7.77. The zero-order valence-corrected chi connectivity index (χ0v) is 14.8. The third-order valence-electron chi connectivity index (χ3n) is 2.75. The Kier molecular flexibility index (Phi) is 6.02. The molecule has 2 aromatic heterocycles. The van der Waals surface area contributed by atoms with Crippen molar-refractivity contribution in [2.24, 2.45) is 4.99 Å². The van der Waals surface area contributed by atoms with E-state index in [4.69, 9.17) is 11.6 Å². The predicted octanol–water partition coefficient (Wildman–Crippen LogP) is 3.76. The van der Waals surface area contributed by atoms with Gasteiger partial charge in [-0.15, -0.1) is 22.7 Å². The summed E-state index contributed by atoms with van der Waals surface area (Å²) < 4.78 is 0.818. The molecule has 0 unspecified atom stereocenters. The second-order valence-electron chi connectivity index (χ2n) is 4.60. The summed E-state index contributed by atoms with van der Waals surface area (Å²) in [4.78, 5) is 13.5. The molecule has 0 amide bonds. The van der Waals surface area contributed by atoms with Gasteiger partial charge in [0.15, 0.2) is 5.96 Å². The Balaban J connectivity index is 2.02. The summed E-state index contributed by atoms with van der Waals surface area (Å²) in [5, 5.41) is 4.35. The lowest BCUT2D eigenvalue weighted by atomic mass is 10.4. The normalized spacial score (nSPS) is 11.7. The molecule has 114 valence electrons. The molecule has 0 aliphatic rings. The Morgan fingerprint density at radius 3 is 2.81 bits per heavy atom. The topological polar surface area (TPSA) is 40.5 Å². The first-order valence-electron chi connectivity index (χ1n) is 6.73. The Bertz CT molecular complexity index is 606. The van der Waals surface area contributed by atoms with Crippen molar-refractivity contribution in [1.82, 2.24) is 15.2 Å². The molecule has 21 heavy (non-hydrogen) atoms. The van der Waals surface area contributed by atoms with E-state index < -0.39 is 0 Å². The van der Waals surface area contributed by atoms with E-state index in [1.807, 2.05) is 19.3 Å². The highest BCUT2D eigenvalue weighted by Gasteiger charge is 2.08. The Morgan fingerprint density at radius 2 is 2.24 bits per heavy atom. The van der Waals surface area contributed by atoms with Crippen LogP contribution in [-0.2, 0) is 13.1 Å². The van der Waals surface area contributed by atoms with Crippen LogP contribution in [0.1, 0.15) is 21.7 Å². The quantitative estimate of drug-likeness (QED) is 0.664. The lowest BCUT2D eigenvalue weighted by Gasteiger charge is -2.21. The monoisotopic (exact) mass is 342 g/mol. The second-order valence-corrected chi connectivity index (χ2v) is 7.72. The van der Waals surface area contributed by atoms with Gasteiger partial charge >= 0.3 is 0 Å². The number of hydrogen-bond donors (Lipinski definition) is 1. The molecule has 2 heterocycles. The summed E-state index contributed by atoms with van der Waals surface area (Å²) in [6.45, 7) is 6.36. The van der Waals surface area contributed by atoms with Gasteiger partial charge in [-0.25, -0.2) is 9.98 Å². The summed E-state index contributed by atoms with van der Waals surface area (Å²) in [7, 11) is 2.03. The summed E-state index contributed by atoms with van der Waals surface area (Å²) in [5.41, 5.74) is 0. The van der Waals surface area contributed by atoms with Crippen LogP contribution in [0.4, 0.5) is 0 Å². The number of rotatable bonds is 5. The van der Waals surface area contributed by atoms with Crippen LogP contribution in [-0.4, -0.2) is 29.4 Å². The Hall–Kier alpha value is -1.11. The number of nitrogens with zero attached hydrogens (tertiary/aromatic N) is 3. The van der Waals surface area contributed by atoms with Crippen molar-refractivity contribution in [2.75, 3.05) is 13.6 Å². The van der Waals surface area contributed by atoms with Gasteiger partial charge < -0.3 is 10.2 Å². The molecule has 4 nitrogen and oxygen atoms in total. The SMILES string of the molecule is CCNC(=NCc1ncc(C)s1)N(C)Cc1ccc(Cl)s1. The lowest BCUT2D eigenvalue weighted by molar-refractivity contribution is 0.481. The van der Waals surface area contributed by atoms with Gasteiger partial charge in [-0.3, -0.25) is 0 Å². The predicted molar refractivity (Wildman–Crippen MR) is 92.5 cm³/mol. The van der Waals surface area contributed by atoms with Gasteiger partial charge in [0.2, 0.25) is 0 Å². The fraction of sp³-hybridized carbons (Fsp3) is 0.429. The maximum Gasteiger partial charge on any atom is 0.194 e. The minimum atomic E-state index is 0.608. The molecule has 0 atom stereocenters. The number of aromatic nitrogens is 1. The van der Waals surface area contributed by atoms with Crippen molar-refractivity contribution >= 4 is 40.2 Å². The lowest BCUT2D eigenvalue weighted by Crippen LogP contribution is -2.38. The summed E-state index contributed by atoms with van der Waals surface area (Å²) in [6.07, 6.45) is 1.89. The maximum absolute atomic E-state index is 5.98. The first kappa shape index (κ1) is 16.3. The van der Waals surface area contributed by atoms with E-state index in [0.29, 0.717) is 6.54 Å². The van der Waals surface area contributed by atoms with Crippen LogP contribution in [0.3, 0.4) is 0 Å². The molecule has 1 N–H and O–H groups in total. The molecular formula is C14H19ClN4S2. The highest BCUT2D eigenvalue weighted by molar-refractivity contribution is 7.16. The molecule has 0 saturated carbocycles. The third kappa shape index (κ3) is 4.98. The summed E-state index contributed by atoms with van der Waals surface area (Å²) >= 11 is 9.26. The summed E-state index contributed by atoms with van der Waals surface area (Å²) in [5.74, 6) is 0.884. The van der Waals surface area contributed by atoms with E-state index >= 15 is 0 Å². The average molecular weight is 343 g/mol. The minimum Gasteiger partial charge on any atom is -0.357 e. The van der Waals surface area contributed by atoms with E-state index in [0.717, 1.165) is 28.4 Å². The number of thiophene rings is 1. The van der Waals surface area contributed by atoms with Crippen LogP contribution >= 0.6 is 34.3 Å². The first-order chi connectivity index (χ1) is 10.1. The van der Waals surface area contributed by atoms with Crippen molar-refractivity contribution in [3.63, 3.8) is 0 Å². The molecule has 2 rings (SSSR count). The maximum atomic E-state index is 5.98. The smallest absolute Gasteiger partial charge is 0.194 e. The fourth-order valence-corrected chi connectivity index (χ4v) is 3.68. The van der Waals surface area contributed by atoms with Gasteiger partial charge in [0.05, 0.1) is 17.4 Å². The van der Waals surface area contributed by atoms with E-state index in [1.54, 1.807) is 22.7 Å². The number of guanidine groups is 1. The molecule has 7 heteroatoms.